The van der Waals surface area contributed by atoms with E-state index in [-0.39, 0.29) is 11.6 Å². The van der Waals surface area contributed by atoms with Crippen molar-refractivity contribution in [3.8, 4) is 0 Å². The van der Waals surface area contributed by atoms with Crippen LogP contribution in [0.2, 0.25) is 0 Å². The Morgan fingerprint density at radius 2 is 2.00 bits per heavy atom. The van der Waals surface area contributed by atoms with Crippen LogP contribution < -0.4 is 0 Å². The Kier molecular flexibility index (Phi) is 4.20. The lowest BCUT2D eigenvalue weighted by Gasteiger charge is -2.19. The summed E-state index contributed by atoms with van der Waals surface area (Å²) in [6.45, 7) is 1.91. The molecule has 2 aromatic carbocycles. The minimum atomic E-state index is -0.567. The summed E-state index contributed by atoms with van der Waals surface area (Å²) >= 11 is 1.75. The van der Waals surface area contributed by atoms with Crippen molar-refractivity contribution in [1.82, 2.24) is 8.87 Å². The number of halogens is 2. The fourth-order valence-electron chi connectivity index (χ4n) is 3.42. The van der Waals surface area contributed by atoms with Gasteiger partial charge in [0.05, 0.1) is 18.2 Å². The first kappa shape index (κ1) is 15.9. The lowest BCUT2D eigenvalue weighted by Crippen LogP contribution is -2.29. The molecule has 24 heavy (non-hydrogen) atoms. The predicted molar refractivity (Wildman–Crippen MR) is 94.0 cm³/mol. The number of aliphatic hydroxyl groups is 1. The Balaban J connectivity index is 1.76. The Labute approximate surface area is 143 Å². The van der Waals surface area contributed by atoms with Crippen LogP contribution in [0.5, 0.6) is 0 Å². The molecule has 6 heteroatoms. The summed E-state index contributed by atoms with van der Waals surface area (Å²) in [6.07, 6.45) is 0.569. The molecule has 0 amide bonds. The van der Waals surface area contributed by atoms with Gasteiger partial charge in [-0.1, -0.05) is 18.0 Å². The van der Waals surface area contributed by atoms with E-state index in [1.807, 2.05) is 10.6 Å². The molecule has 2 heterocycles. The summed E-state index contributed by atoms with van der Waals surface area (Å²) in [7, 11) is 0. The predicted octanol–water partition coefficient (Wildman–Crippen LogP) is 3.79. The molecule has 0 bridgehead atoms. The Morgan fingerprint density at radius 3 is 2.79 bits per heavy atom. The fourth-order valence-corrected chi connectivity index (χ4v) is 4.47. The van der Waals surface area contributed by atoms with Gasteiger partial charge in [0.25, 0.3) is 0 Å². The molecule has 1 aliphatic heterocycles. The number of hydrogen-bond donors (Lipinski definition) is 1. The van der Waals surface area contributed by atoms with Crippen LogP contribution in [0.3, 0.4) is 0 Å². The van der Waals surface area contributed by atoms with Crippen molar-refractivity contribution >= 4 is 33.8 Å². The molecule has 1 aromatic heterocycles. The van der Waals surface area contributed by atoms with Gasteiger partial charge >= 0.3 is 0 Å². The number of aliphatic hydroxyl groups excluding tert-OH is 1. The molecule has 1 saturated heterocycles. The summed E-state index contributed by atoms with van der Waals surface area (Å²) in [6, 6.07) is 9.23. The lowest BCUT2D eigenvalue weighted by atomic mass is 10.1. The zero-order valence-electron chi connectivity index (χ0n) is 13.1. The van der Waals surface area contributed by atoms with Crippen molar-refractivity contribution in [2.24, 2.45) is 0 Å². The standard InChI is InChI=1S/C18H18F2N2OS/c19-12-5-6-16-14(9-12)18-15(20)3-1-4-17(18)22(16)11-13(23)10-21-7-2-8-24-21/h1,3-6,9,13,23H,2,7-8,10-11H2. The second-order valence-corrected chi connectivity index (χ2v) is 7.32. The quantitative estimate of drug-likeness (QED) is 0.727. The topological polar surface area (TPSA) is 28.4 Å². The number of aromatic nitrogens is 1. The molecule has 0 aliphatic carbocycles. The highest BCUT2D eigenvalue weighted by Crippen LogP contribution is 2.32. The third-order valence-corrected chi connectivity index (χ3v) is 5.60. The summed E-state index contributed by atoms with van der Waals surface area (Å²) in [5.74, 6) is 0.331. The van der Waals surface area contributed by atoms with Crippen LogP contribution in [-0.2, 0) is 6.54 Å². The summed E-state index contributed by atoms with van der Waals surface area (Å²) in [5, 5.41) is 11.4. The van der Waals surface area contributed by atoms with E-state index in [4.69, 9.17) is 0 Å². The van der Waals surface area contributed by atoms with E-state index in [9.17, 15) is 13.9 Å². The van der Waals surface area contributed by atoms with Gasteiger partial charge < -0.3 is 9.67 Å². The molecular weight excluding hydrogens is 330 g/mol. The highest BCUT2D eigenvalue weighted by Gasteiger charge is 2.20. The second kappa shape index (κ2) is 6.35. The van der Waals surface area contributed by atoms with Crippen LogP contribution in [0.1, 0.15) is 6.42 Å². The van der Waals surface area contributed by atoms with Crippen LogP contribution in [-0.4, -0.2) is 38.9 Å². The number of β-amino-alcohol motifs (C(OH)–C–C–N with tert-alkyl or cyclic N) is 1. The average Bonchev–Trinajstić information content (AvgIpc) is 3.15. The Morgan fingerprint density at radius 1 is 1.12 bits per heavy atom. The van der Waals surface area contributed by atoms with Gasteiger partial charge in [-0.15, -0.1) is 0 Å². The van der Waals surface area contributed by atoms with E-state index >= 15 is 0 Å². The number of hydrogen-bond acceptors (Lipinski definition) is 3. The molecule has 0 radical (unpaired) electrons. The van der Waals surface area contributed by atoms with E-state index in [2.05, 4.69) is 4.31 Å². The molecular formula is C18H18F2N2OS. The SMILES string of the molecule is OC(CN1CCCS1)Cn1c2ccc(F)cc2c2c(F)cccc21. The van der Waals surface area contributed by atoms with Gasteiger partial charge in [-0.25, -0.2) is 13.1 Å². The highest BCUT2D eigenvalue weighted by atomic mass is 32.2. The Bertz CT molecular complexity index is 889. The van der Waals surface area contributed by atoms with Crippen molar-refractivity contribution in [1.29, 1.82) is 0 Å². The second-order valence-electron chi connectivity index (χ2n) is 6.13. The lowest BCUT2D eigenvalue weighted by molar-refractivity contribution is 0.135. The Hall–Kier alpha value is -1.63. The molecule has 126 valence electrons. The van der Waals surface area contributed by atoms with Gasteiger partial charge in [0.15, 0.2) is 0 Å². The van der Waals surface area contributed by atoms with Gasteiger partial charge in [-0.2, -0.15) is 0 Å². The number of nitrogens with zero attached hydrogens (tertiary/aromatic N) is 2. The largest absolute Gasteiger partial charge is 0.390 e. The molecule has 4 rings (SSSR count). The first-order chi connectivity index (χ1) is 11.6. The van der Waals surface area contributed by atoms with Crippen LogP contribution in [0, 0.1) is 11.6 Å². The third kappa shape index (κ3) is 2.79. The molecule has 3 nitrogen and oxygen atoms in total. The maximum atomic E-state index is 14.3. The van der Waals surface area contributed by atoms with E-state index in [1.54, 1.807) is 24.1 Å². The summed E-state index contributed by atoms with van der Waals surface area (Å²) < 4.78 is 32.0. The van der Waals surface area contributed by atoms with Crippen LogP contribution in [0.25, 0.3) is 21.8 Å². The number of rotatable bonds is 4. The number of benzene rings is 2. The summed E-state index contributed by atoms with van der Waals surface area (Å²) in [5.41, 5.74) is 1.42. The zero-order chi connectivity index (χ0) is 16.7. The van der Waals surface area contributed by atoms with E-state index < -0.39 is 6.10 Å². The molecule has 3 aromatic rings. The number of fused-ring (bicyclic) bond motifs is 3. The fraction of sp³-hybridized carbons (Fsp3) is 0.333. The van der Waals surface area contributed by atoms with Crippen molar-refractivity contribution in [3.63, 3.8) is 0 Å². The molecule has 0 spiro atoms. The molecule has 1 N–H and O–H groups in total. The van der Waals surface area contributed by atoms with Gasteiger partial charge in [-0.05, 0) is 36.8 Å². The van der Waals surface area contributed by atoms with Crippen LogP contribution in [0.15, 0.2) is 36.4 Å². The highest BCUT2D eigenvalue weighted by molar-refractivity contribution is 7.97. The van der Waals surface area contributed by atoms with Crippen molar-refractivity contribution in [2.75, 3.05) is 18.8 Å². The maximum Gasteiger partial charge on any atom is 0.133 e. The van der Waals surface area contributed by atoms with Gasteiger partial charge in [0, 0.05) is 35.1 Å². The van der Waals surface area contributed by atoms with Crippen molar-refractivity contribution < 1.29 is 13.9 Å². The monoisotopic (exact) mass is 348 g/mol. The minimum absolute atomic E-state index is 0.353. The smallest absolute Gasteiger partial charge is 0.133 e. The van der Waals surface area contributed by atoms with E-state index in [1.165, 1.54) is 18.2 Å². The van der Waals surface area contributed by atoms with Crippen molar-refractivity contribution in [2.45, 2.75) is 19.1 Å². The minimum Gasteiger partial charge on any atom is -0.390 e. The van der Waals surface area contributed by atoms with E-state index in [0.717, 1.165) is 24.2 Å². The van der Waals surface area contributed by atoms with Crippen molar-refractivity contribution in [3.05, 3.63) is 48.0 Å². The summed E-state index contributed by atoms with van der Waals surface area (Å²) in [4.78, 5) is 0. The molecule has 1 fully saturated rings. The van der Waals surface area contributed by atoms with Crippen LogP contribution >= 0.6 is 11.9 Å². The first-order valence-electron chi connectivity index (χ1n) is 8.05. The van der Waals surface area contributed by atoms with Gasteiger partial charge in [0.2, 0.25) is 0 Å². The maximum absolute atomic E-state index is 14.3. The molecule has 1 aliphatic rings. The van der Waals surface area contributed by atoms with Crippen LogP contribution in [0.4, 0.5) is 8.78 Å². The molecule has 0 saturated carbocycles. The zero-order valence-corrected chi connectivity index (χ0v) is 13.9. The third-order valence-electron chi connectivity index (χ3n) is 4.43. The van der Waals surface area contributed by atoms with Gasteiger partial charge in [0.1, 0.15) is 11.6 Å². The van der Waals surface area contributed by atoms with Gasteiger partial charge in [-0.3, -0.25) is 0 Å². The average molecular weight is 348 g/mol. The normalized spacial score (nSPS) is 17.1. The molecule has 1 atom stereocenters. The van der Waals surface area contributed by atoms with E-state index in [0.29, 0.717) is 29.4 Å². The molecule has 1 unspecified atom stereocenters. The first-order valence-corrected chi connectivity index (χ1v) is 8.99.